The molecule has 2 aromatic rings. The van der Waals surface area contributed by atoms with E-state index >= 15 is 0 Å². The Bertz CT molecular complexity index is 744. The number of aryl methyl sites for hydroxylation is 1. The number of hydrogen-bond donors (Lipinski definition) is 0. The van der Waals surface area contributed by atoms with E-state index in [4.69, 9.17) is 5.26 Å². The largest absolute Gasteiger partial charge is 0.207 e. The first kappa shape index (κ1) is 16.8. The van der Waals surface area contributed by atoms with E-state index < -0.39 is 28.8 Å². The van der Waals surface area contributed by atoms with E-state index in [0.717, 1.165) is 12.1 Å². The zero-order chi connectivity index (χ0) is 17.0. The smallest absolute Gasteiger partial charge is 0.144 e. The minimum absolute atomic E-state index is 0.0448. The van der Waals surface area contributed by atoms with Crippen molar-refractivity contribution < 1.29 is 17.6 Å². The molecule has 0 atom stereocenters. The molecule has 0 heterocycles. The van der Waals surface area contributed by atoms with Crippen LogP contribution in [0.3, 0.4) is 0 Å². The zero-order valence-corrected chi connectivity index (χ0v) is 12.2. The molecule has 0 aromatic heterocycles. The first-order chi connectivity index (χ1) is 11.0. The van der Waals surface area contributed by atoms with Crippen LogP contribution in [0.4, 0.5) is 17.6 Å². The van der Waals surface area contributed by atoms with Gasteiger partial charge < -0.3 is 0 Å². The Hall–Kier alpha value is -2.61. The van der Waals surface area contributed by atoms with Crippen LogP contribution in [0.1, 0.15) is 22.3 Å². The lowest BCUT2D eigenvalue weighted by Gasteiger charge is -2.08. The number of rotatable bonds is 5. The van der Waals surface area contributed by atoms with Gasteiger partial charge in [0.05, 0.1) is 0 Å². The summed E-state index contributed by atoms with van der Waals surface area (Å²) >= 11 is 0. The Morgan fingerprint density at radius 2 is 1.39 bits per heavy atom. The van der Waals surface area contributed by atoms with Gasteiger partial charge in [0.25, 0.3) is 0 Å². The maximum absolute atomic E-state index is 13.9. The van der Waals surface area contributed by atoms with Gasteiger partial charge in [0, 0.05) is 5.56 Å². The molecule has 1 nitrogen and oxygen atoms in total. The number of nitriles is 1. The number of allylic oxidation sites excluding steroid dienone is 1. The van der Waals surface area contributed by atoms with Gasteiger partial charge in [0.2, 0.25) is 0 Å². The summed E-state index contributed by atoms with van der Waals surface area (Å²) in [5.74, 6) is -3.36. The molecule has 0 unspecified atom stereocenters. The molecule has 0 aliphatic heterocycles. The molecule has 0 fully saturated rings. The first-order valence-corrected chi connectivity index (χ1v) is 6.92. The van der Waals surface area contributed by atoms with E-state index in [0.29, 0.717) is 12.0 Å². The fourth-order valence-corrected chi connectivity index (χ4v) is 2.32. The van der Waals surface area contributed by atoms with Crippen molar-refractivity contribution in [3.63, 3.8) is 0 Å². The molecular weight excluding hydrogens is 306 g/mol. The summed E-state index contributed by atoms with van der Waals surface area (Å²) in [6, 6.07) is 5.87. The van der Waals surface area contributed by atoms with Crippen LogP contribution in [0, 0.1) is 34.6 Å². The van der Waals surface area contributed by atoms with E-state index in [1.54, 1.807) is 0 Å². The summed E-state index contributed by atoms with van der Waals surface area (Å²) in [5, 5.41) is 8.60. The fourth-order valence-electron chi connectivity index (χ4n) is 2.32. The highest BCUT2D eigenvalue weighted by Crippen LogP contribution is 2.20. The number of hydrogen-bond acceptors (Lipinski definition) is 1. The molecule has 0 N–H and O–H groups in total. The Labute approximate surface area is 131 Å². The van der Waals surface area contributed by atoms with Crippen LogP contribution in [-0.2, 0) is 19.3 Å². The molecule has 0 spiro atoms. The molecule has 0 aliphatic carbocycles. The molecule has 5 heteroatoms. The highest BCUT2D eigenvalue weighted by Gasteiger charge is 2.14. The van der Waals surface area contributed by atoms with Crippen molar-refractivity contribution in [3.05, 3.63) is 82.4 Å². The second-order valence-electron chi connectivity index (χ2n) is 5.08. The van der Waals surface area contributed by atoms with Crippen molar-refractivity contribution in [2.24, 2.45) is 0 Å². The lowest BCUT2D eigenvalue weighted by Crippen LogP contribution is -2.02. The number of halogens is 4. The van der Waals surface area contributed by atoms with Crippen LogP contribution in [0.25, 0.3) is 0 Å². The molecule has 0 saturated carbocycles. The second-order valence-corrected chi connectivity index (χ2v) is 5.08. The van der Waals surface area contributed by atoms with Gasteiger partial charge in [0.1, 0.15) is 34.9 Å². The van der Waals surface area contributed by atoms with Gasteiger partial charge >= 0.3 is 0 Å². The molecule has 2 aromatic carbocycles. The summed E-state index contributed by atoms with van der Waals surface area (Å²) in [5.41, 5.74) is -0.106. The molecule has 0 saturated heterocycles. The first-order valence-electron chi connectivity index (χ1n) is 6.92. The zero-order valence-electron chi connectivity index (χ0n) is 12.2. The van der Waals surface area contributed by atoms with Crippen LogP contribution in [0.5, 0.6) is 0 Å². The molecule has 0 bridgehead atoms. The summed E-state index contributed by atoms with van der Waals surface area (Å²) in [7, 11) is 0. The van der Waals surface area contributed by atoms with Gasteiger partial charge in [-0.15, -0.1) is 6.58 Å². The van der Waals surface area contributed by atoms with E-state index in [9.17, 15) is 17.6 Å². The molecular formula is C18H13F4N. The van der Waals surface area contributed by atoms with Gasteiger partial charge in [-0.2, -0.15) is 5.26 Å². The minimum atomic E-state index is -0.982. The van der Waals surface area contributed by atoms with Gasteiger partial charge in [-0.3, -0.25) is 0 Å². The molecule has 23 heavy (non-hydrogen) atoms. The summed E-state index contributed by atoms with van der Waals surface area (Å²) < 4.78 is 54.9. The molecule has 118 valence electrons. The van der Waals surface area contributed by atoms with Crippen LogP contribution < -0.4 is 0 Å². The van der Waals surface area contributed by atoms with Gasteiger partial charge in [-0.1, -0.05) is 6.08 Å². The van der Waals surface area contributed by atoms with Crippen molar-refractivity contribution in [1.82, 2.24) is 0 Å². The topological polar surface area (TPSA) is 23.8 Å². The van der Waals surface area contributed by atoms with Crippen molar-refractivity contribution in [2.45, 2.75) is 19.3 Å². The third-order valence-corrected chi connectivity index (χ3v) is 3.46. The molecule has 0 radical (unpaired) electrons. The van der Waals surface area contributed by atoms with Crippen LogP contribution in [-0.4, -0.2) is 0 Å². The molecule has 0 aliphatic rings. The molecule has 2 rings (SSSR count). The maximum atomic E-state index is 13.9. The maximum Gasteiger partial charge on any atom is 0.144 e. The Morgan fingerprint density at radius 1 is 0.870 bits per heavy atom. The van der Waals surface area contributed by atoms with Crippen molar-refractivity contribution in [1.29, 1.82) is 5.26 Å². The van der Waals surface area contributed by atoms with E-state index in [2.05, 4.69) is 6.58 Å². The SMILES string of the molecule is C=CCc1cc(F)c(CCc2cc(F)c(C#N)c(F)c2)c(F)c1. The highest BCUT2D eigenvalue weighted by atomic mass is 19.1. The van der Waals surface area contributed by atoms with Crippen molar-refractivity contribution in [3.8, 4) is 6.07 Å². The van der Waals surface area contributed by atoms with E-state index in [1.807, 2.05) is 0 Å². The quantitative estimate of drug-likeness (QED) is 0.582. The van der Waals surface area contributed by atoms with Crippen LogP contribution in [0.2, 0.25) is 0 Å². The van der Waals surface area contributed by atoms with Gasteiger partial charge in [0.15, 0.2) is 0 Å². The van der Waals surface area contributed by atoms with Crippen LogP contribution >= 0.6 is 0 Å². The molecule has 0 amide bonds. The number of benzene rings is 2. The summed E-state index contributed by atoms with van der Waals surface area (Å²) in [6.45, 7) is 3.51. The van der Waals surface area contributed by atoms with Crippen LogP contribution in [0.15, 0.2) is 36.9 Å². The monoisotopic (exact) mass is 319 g/mol. The van der Waals surface area contributed by atoms with Gasteiger partial charge in [-0.25, -0.2) is 17.6 Å². The van der Waals surface area contributed by atoms with E-state index in [1.165, 1.54) is 24.3 Å². The lowest BCUT2D eigenvalue weighted by molar-refractivity contribution is 0.550. The Kier molecular flexibility index (Phi) is 5.17. The van der Waals surface area contributed by atoms with Crippen molar-refractivity contribution in [2.75, 3.05) is 0 Å². The number of nitrogens with zero attached hydrogens (tertiary/aromatic N) is 1. The third kappa shape index (κ3) is 3.78. The summed E-state index contributed by atoms with van der Waals surface area (Å²) in [6.07, 6.45) is 1.89. The Balaban J connectivity index is 2.22. The minimum Gasteiger partial charge on any atom is -0.207 e. The average molecular weight is 319 g/mol. The fraction of sp³-hybridized carbons (Fsp3) is 0.167. The normalized spacial score (nSPS) is 10.4. The average Bonchev–Trinajstić information content (AvgIpc) is 2.46. The highest BCUT2D eigenvalue weighted by molar-refractivity contribution is 5.36. The summed E-state index contributed by atoms with van der Waals surface area (Å²) in [4.78, 5) is 0. The Morgan fingerprint density at radius 3 is 1.87 bits per heavy atom. The third-order valence-electron chi connectivity index (χ3n) is 3.46. The predicted molar refractivity (Wildman–Crippen MR) is 78.7 cm³/mol. The predicted octanol–water partition coefficient (Wildman–Crippen LogP) is 4.63. The van der Waals surface area contributed by atoms with Crippen molar-refractivity contribution >= 4 is 0 Å². The standard InChI is InChI=1S/C18H13F4N/c1-2-3-11-6-15(19)13(16(20)7-11)5-4-12-8-17(21)14(10-23)18(22)9-12/h2,6-9H,1,3-5H2. The van der Waals surface area contributed by atoms with Gasteiger partial charge in [-0.05, 0) is 54.7 Å². The second kappa shape index (κ2) is 7.10. The lowest BCUT2D eigenvalue weighted by atomic mass is 10.00. The van der Waals surface area contributed by atoms with E-state index in [-0.39, 0.29) is 24.0 Å².